The third kappa shape index (κ3) is 2.84. The molecular formula is C22H23NO5. The smallest absolute Gasteiger partial charge is 0.254 e. The highest BCUT2D eigenvalue weighted by atomic mass is 16.7. The van der Waals surface area contributed by atoms with Crippen molar-refractivity contribution < 1.29 is 24.1 Å². The van der Waals surface area contributed by atoms with Gasteiger partial charge in [0, 0.05) is 17.7 Å². The van der Waals surface area contributed by atoms with Crippen molar-refractivity contribution in [3.63, 3.8) is 0 Å². The van der Waals surface area contributed by atoms with Crippen molar-refractivity contribution in [3.05, 3.63) is 71.3 Å². The minimum absolute atomic E-state index is 0.0692. The Morgan fingerprint density at radius 1 is 1.04 bits per heavy atom. The van der Waals surface area contributed by atoms with Crippen molar-refractivity contribution in [2.24, 2.45) is 0 Å². The van der Waals surface area contributed by atoms with Crippen LogP contribution < -0.4 is 0 Å². The van der Waals surface area contributed by atoms with Crippen LogP contribution in [0.4, 0.5) is 0 Å². The van der Waals surface area contributed by atoms with Gasteiger partial charge in [0.05, 0.1) is 18.8 Å². The summed E-state index contributed by atoms with van der Waals surface area (Å²) in [6.45, 7) is 2.70. The van der Waals surface area contributed by atoms with Gasteiger partial charge >= 0.3 is 0 Å². The first kappa shape index (κ1) is 17.8. The topological polar surface area (TPSA) is 68.2 Å². The van der Waals surface area contributed by atoms with Gasteiger partial charge in [-0.1, -0.05) is 48.5 Å². The van der Waals surface area contributed by atoms with E-state index >= 15 is 0 Å². The molecule has 6 heteroatoms. The molecule has 2 fully saturated rings. The van der Waals surface area contributed by atoms with Gasteiger partial charge in [0.25, 0.3) is 5.91 Å². The van der Waals surface area contributed by atoms with E-state index in [1.54, 1.807) is 4.90 Å². The molecule has 0 saturated carbocycles. The molecule has 0 radical (unpaired) electrons. The largest absolute Gasteiger partial charge is 0.388 e. The Hall–Kier alpha value is -2.25. The van der Waals surface area contributed by atoms with Gasteiger partial charge in [0.15, 0.2) is 6.29 Å². The fraction of sp³-hybridized carbons (Fsp3) is 0.409. The average molecular weight is 381 g/mol. The highest BCUT2D eigenvalue weighted by Gasteiger charge is 2.51. The lowest BCUT2D eigenvalue weighted by Crippen LogP contribution is -2.65. The highest BCUT2D eigenvalue weighted by molar-refractivity contribution is 5.98. The molecule has 6 nitrogen and oxygen atoms in total. The first-order chi connectivity index (χ1) is 13.6. The SMILES string of the molecule is C[C@@H]1O[C@@H]2COC(c3ccccc3)O[C@H]2[C@H](O)[C@H]1N1Cc2ccccc2C1=O. The lowest BCUT2D eigenvalue weighted by molar-refractivity contribution is -0.318. The second-order valence-corrected chi connectivity index (χ2v) is 7.63. The van der Waals surface area contributed by atoms with Crippen molar-refractivity contribution in [2.45, 2.75) is 50.2 Å². The quantitative estimate of drug-likeness (QED) is 0.864. The maximum Gasteiger partial charge on any atom is 0.254 e. The third-order valence-electron chi connectivity index (χ3n) is 5.90. The number of benzene rings is 2. The van der Waals surface area contributed by atoms with E-state index in [9.17, 15) is 9.90 Å². The molecule has 28 heavy (non-hydrogen) atoms. The number of ether oxygens (including phenoxy) is 3. The van der Waals surface area contributed by atoms with Gasteiger partial charge in [0.1, 0.15) is 18.3 Å². The lowest BCUT2D eigenvalue weighted by Gasteiger charge is -2.49. The molecule has 2 saturated heterocycles. The number of aliphatic hydroxyl groups is 1. The first-order valence-corrected chi connectivity index (χ1v) is 9.68. The summed E-state index contributed by atoms with van der Waals surface area (Å²) in [5, 5.41) is 11.2. The van der Waals surface area contributed by atoms with Gasteiger partial charge in [0.2, 0.25) is 0 Å². The molecular weight excluding hydrogens is 358 g/mol. The molecule has 2 aromatic rings. The molecule has 0 bridgehead atoms. The Balaban J connectivity index is 1.39. The summed E-state index contributed by atoms with van der Waals surface area (Å²) in [7, 11) is 0. The van der Waals surface area contributed by atoms with Crippen LogP contribution in [0.5, 0.6) is 0 Å². The van der Waals surface area contributed by atoms with E-state index in [1.807, 2.05) is 61.5 Å². The molecule has 2 aromatic carbocycles. The van der Waals surface area contributed by atoms with Crippen LogP contribution in [0.3, 0.4) is 0 Å². The van der Waals surface area contributed by atoms with Crippen LogP contribution in [0.2, 0.25) is 0 Å². The van der Waals surface area contributed by atoms with Gasteiger partial charge in [-0.25, -0.2) is 0 Å². The predicted molar refractivity (Wildman–Crippen MR) is 100 cm³/mol. The molecule has 146 valence electrons. The average Bonchev–Trinajstić information content (AvgIpc) is 3.05. The predicted octanol–water partition coefficient (Wildman–Crippen LogP) is 2.27. The Morgan fingerprint density at radius 3 is 2.57 bits per heavy atom. The summed E-state index contributed by atoms with van der Waals surface area (Å²) in [5.74, 6) is -0.0692. The number of carbonyl (C=O) groups is 1. The molecule has 1 amide bonds. The number of rotatable bonds is 2. The van der Waals surface area contributed by atoms with Crippen molar-refractivity contribution in [3.8, 4) is 0 Å². The summed E-state index contributed by atoms with van der Waals surface area (Å²) >= 11 is 0. The molecule has 0 spiro atoms. The van der Waals surface area contributed by atoms with E-state index in [1.165, 1.54) is 0 Å². The molecule has 0 aliphatic carbocycles. The zero-order chi connectivity index (χ0) is 19.3. The minimum Gasteiger partial charge on any atom is -0.388 e. The number of carbonyl (C=O) groups excluding carboxylic acids is 1. The zero-order valence-electron chi connectivity index (χ0n) is 15.6. The zero-order valence-corrected chi connectivity index (χ0v) is 15.6. The number of hydrogen-bond donors (Lipinski definition) is 1. The van der Waals surface area contributed by atoms with Crippen LogP contribution in [-0.2, 0) is 20.8 Å². The van der Waals surface area contributed by atoms with Gasteiger partial charge in [-0.15, -0.1) is 0 Å². The summed E-state index contributed by atoms with van der Waals surface area (Å²) in [6, 6.07) is 16.7. The normalized spacial score (nSPS) is 34.8. The Kier molecular flexibility index (Phi) is 4.44. The second kappa shape index (κ2) is 6.97. The molecule has 3 aliphatic rings. The Bertz CT molecular complexity index is 872. The number of fused-ring (bicyclic) bond motifs is 2. The summed E-state index contributed by atoms with van der Waals surface area (Å²) in [6.07, 6.45) is -2.66. The van der Waals surface area contributed by atoms with E-state index in [2.05, 4.69) is 0 Å². The number of amides is 1. The van der Waals surface area contributed by atoms with Crippen LogP contribution in [0, 0.1) is 0 Å². The van der Waals surface area contributed by atoms with E-state index in [0.717, 1.165) is 11.1 Å². The van der Waals surface area contributed by atoms with Crippen molar-refractivity contribution in [1.29, 1.82) is 0 Å². The van der Waals surface area contributed by atoms with Gasteiger partial charge in [-0.3, -0.25) is 4.79 Å². The van der Waals surface area contributed by atoms with Crippen molar-refractivity contribution >= 4 is 5.91 Å². The molecule has 6 atom stereocenters. The number of hydrogen-bond acceptors (Lipinski definition) is 5. The fourth-order valence-corrected chi connectivity index (χ4v) is 4.53. The number of nitrogens with zero attached hydrogens (tertiary/aromatic N) is 1. The maximum absolute atomic E-state index is 12.9. The Labute approximate surface area is 163 Å². The Morgan fingerprint density at radius 2 is 1.79 bits per heavy atom. The monoisotopic (exact) mass is 381 g/mol. The third-order valence-corrected chi connectivity index (χ3v) is 5.90. The van der Waals surface area contributed by atoms with Gasteiger partial charge in [-0.05, 0) is 18.6 Å². The van der Waals surface area contributed by atoms with E-state index in [-0.39, 0.29) is 18.1 Å². The summed E-state index contributed by atoms with van der Waals surface area (Å²) in [4.78, 5) is 14.6. The van der Waals surface area contributed by atoms with Crippen LogP contribution in [0.1, 0.15) is 34.7 Å². The molecule has 3 aliphatic heterocycles. The van der Waals surface area contributed by atoms with Gasteiger partial charge in [-0.2, -0.15) is 0 Å². The van der Waals surface area contributed by atoms with Crippen molar-refractivity contribution in [1.82, 2.24) is 4.90 Å². The van der Waals surface area contributed by atoms with E-state index in [0.29, 0.717) is 18.7 Å². The summed E-state index contributed by atoms with van der Waals surface area (Å²) < 4.78 is 18.0. The van der Waals surface area contributed by atoms with E-state index < -0.39 is 24.5 Å². The maximum atomic E-state index is 12.9. The van der Waals surface area contributed by atoms with Crippen LogP contribution >= 0.6 is 0 Å². The van der Waals surface area contributed by atoms with Crippen LogP contribution in [0.25, 0.3) is 0 Å². The molecule has 0 aromatic heterocycles. The second-order valence-electron chi connectivity index (χ2n) is 7.63. The standard InChI is InChI=1S/C22H23NO5/c1-13-18(23-11-15-9-5-6-10-16(15)21(23)25)19(24)20-17(27-13)12-26-22(28-20)14-7-3-2-4-8-14/h2-10,13,17-20,22,24H,11-12H2,1H3/t13-,17+,18-,19+,20+,22?/m0/s1. The van der Waals surface area contributed by atoms with Gasteiger partial charge < -0.3 is 24.2 Å². The lowest BCUT2D eigenvalue weighted by atomic mass is 9.91. The summed E-state index contributed by atoms with van der Waals surface area (Å²) in [5.41, 5.74) is 2.57. The highest BCUT2D eigenvalue weighted by Crippen LogP contribution is 2.37. The van der Waals surface area contributed by atoms with Crippen LogP contribution in [-0.4, -0.2) is 53.0 Å². The first-order valence-electron chi connectivity index (χ1n) is 9.68. The van der Waals surface area contributed by atoms with Crippen LogP contribution in [0.15, 0.2) is 54.6 Å². The molecule has 1 N–H and O–H groups in total. The fourth-order valence-electron chi connectivity index (χ4n) is 4.53. The minimum atomic E-state index is -0.859. The molecule has 3 heterocycles. The van der Waals surface area contributed by atoms with E-state index in [4.69, 9.17) is 14.2 Å². The number of aliphatic hydroxyl groups excluding tert-OH is 1. The van der Waals surface area contributed by atoms with Crippen molar-refractivity contribution in [2.75, 3.05) is 6.61 Å². The molecule has 5 rings (SSSR count). The molecule has 1 unspecified atom stereocenters.